The minimum absolute atomic E-state index is 0.213. The Morgan fingerprint density at radius 3 is 3.05 bits per heavy atom. The number of carbonyl (C=O) groups excluding carboxylic acids is 1. The largest absolute Gasteiger partial charge is 0.377 e. The fraction of sp³-hybridized carbons (Fsp3) is 0.231. The molecule has 0 aliphatic carbocycles. The van der Waals surface area contributed by atoms with Gasteiger partial charge in [0.15, 0.2) is 11.5 Å². The van der Waals surface area contributed by atoms with Gasteiger partial charge in [0.05, 0.1) is 0 Å². The Balaban J connectivity index is 2.06. The van der Waals surface area contributed by atoms with E-state index in [4.69, 9.17) is 15.0 Å². The first-order valence-corrected chi connectivity index (χ1v) is 5.78. The summed E-state index contributed by atoms with van der Waals surface area (Å²) < 4.78 is 9.84. The summed E-state index contributed by atoms with van der Waals surface area (Å²) in [6.45, 7) is 0.703. The van der Waals surface area contributed by atoms with Crippen LogP contribution in [-0.4, -0.2) is 18.2 Å². The van der Waals surface area contributed by atoms with E-state index in [-0.39, 0.29) is 18.2 Å². The summed E-state index contributed by atoms with van der Waals surface area (Å²) in [5.41, 5.74) is 7.37. The number of methoxy groups -OCH3 is 1. The smallest absolute Gasteiger partial charge is 0.277 e. The van der Waals surface area contributed by atoms with E-state index < -0.39 is 0 Å². The van der Waals surface area contributed by atoms with Crippen LogP contribution >= 0.6 is 0 Å². The van der Waals surface area contributed by atoms with Crippen molar-refractivity contribution in [1.82, 2.24) is 5.16 Å². The van der Waals surface area contributed by atoms with Gasteiger partial charge in [-0.05, 0) is 17.7 Å². The molecule has 0 atom stereocenters. The van der Waals surface area contributed by atoms with Gasteiger partial charge in [-0.15, -0.1) is 0 Å². The van der Waals surface area contributed by atoms with Gasteiger partial charge in [0.1, 0.15) is 6.61 Å². The van der Waals surface area contributed by atoms with Gasteiger partial charge < -0.3 is 20.3 Å². The number of aromatic nitrogens is 1. The van der Waals surface area contributed by atoms with E-state index in [1.54, 1.807) is 19.2 Å². The lowest BCUT2D eigenvalue weighted by molar-refractivity contribution is 0.101. The molecule has 0 spiro atoms. The number of hydrogen-bond acceptors (Lipinski definition) is 5. The first kappa shape index (κ1) is 13.3. The molecule has 0 radical (unpaired) electrons. The summed E-state index contributed by atoms with van der Waals surface area (Å²) in [6, 6.07) is 8.87. The highest BCUT2D eigenvalue weighted by Gasteiger charge is 2.12. The van der Waals surface area contributed by atoms with E-state index in [2.05, 4.69) is 10.5 Å². The second kappa shape index (κ2) is 6.12. The van der Waals surface area contributed by atoms with Crippen LogP contribution < -0.4 is 11.1 Å². The van der Waals surface area contributed by atoms with E-state index in [0.29, 0.717) is 18.0 Å². The van der Waals surface area contributed by atoms with Crippen LogP contribution in [0.2, 0.25) is 0 Å². The molecule has 1 heterocycles. The van der Waals surface area contributed by atoms with Gasteiger partial charge in [0.2, 0.25) is 0 Å². The average molecular weight is 261 g/mol. The van der Waals surface area contributed by atoms with Gasteiger partial charge in [-0.2, -0.15) is 0 Å². The van der Waals surface area contributed by atoms with E-state index in [9.17, 15) is 4.79 Å². The molecule has 19 heavy (non-hydrogen) atoms. The molecule has 0 saturated carbocycles. The Morgan fingerprint density at radius 1 is 1.47 bits per heavy atom. The van der Waals surface area contributed by atoms with Crippen LogP contribution in [0.4, 0.5) is 5.69 Å². The van der Waals surface area contributed by atoms with Crippen LogP contribution in [0.1, 0.15) is 21.8 Å². The molecular formula is C13H15N3O3. The number of nitrogens with two attached hydrogens (primary N) is 1. The summed E-state index contributed by atoms with van der Waals surface area (Å²) >= 11 is 0. The van der Waals surface area contributed by atoms with Gasteiger partial charge in [-0.1, -0.05) is 17.3 Å². The number of carbonyl (C=O) groups is 1. The number of nitrogens with zero attached hydrogens (tertiary/aromatic N) is 1. The number of rotatable bonds is 5. The molecule has 1 aromatic carbocycles. The minimum Gasteiger partial charge on any atom is -0.377 e. The van der Waals surface area contributed by atoms with Gasteiger partial charge in [-0.3, -0.25) is 4.79 Å². The summed E-state index contributed by atoms with van der Waals surface area (Å²) in [4.78, 5) is 11.9. The number of anilines is 1. The Bertz CT molecular complexity index is 566. The van der Waals surface area contributed by atoms with Crippen molar-refractivity contribution >= 4 is 11.6 Å². The second-order valence-corrected chi connectivity index (χ2v) is 3.97. The maximum atomic E-state index is 11.9. The Labute approximate surface area is 110 Å². The molecular weight excluding hydrogens is 246 g/mol. The molecule has 0 unspecified atom stereocenters. The van der Waals surface area contributed by atoms with Gasteiger partial charge in [0.25, 0.3) is 5.91 Å². The van der Waals surface area contributed by atoms with Crippen molar-refractivity contribution in [3.63, 3.8) is 0 Å². The average Bonchev–Trinajstić information content (AvgIpc) is 2.88. The minimum atomic E-state index is -0.333. The number of ether oxygens (including phenoxy) is 1. The molecule has 6 nitrogen and oxygen atoms in total. The second-order valence-electron chi connectivity index (χ2n) is 3.97. The summed E-state index contributed by atoms with van der Waals surface area (Å²) in [7, 11) is 1.54. The van der Waals surface area contributed by atoms with Crippen LogP contribution in [-0.2, 0) is 17.9 Å². The quantitative estimate of drug-likeness (QED) is 0.851. The van der Waals surface area contributed by atoms with Crippen molar-refractivity contribution in [3.05, 3.63) is 47.3 Å². The first-order chi connectivity index (χ1) is 9.22. The van der Waals surface area contributed by atoms with Crippen LogP contribution in [0.25, 0.3) is 0 Å². The molecule has 2 rings (SSSR count). The van der Waals surface area contributed by atoms with Crippen molar-refractivity contribution in [1.29, 1.82) is 0 Å². The molecule has 100 valence electrons. The monoisotopic (exact) mass is 261 g/mol. The molecule has 0 saturated heterocycles. The highest BCUT2D eigenvalue weighted by Crippen LogP contribution is 2.12. The van der Waals surface area contributed by atoms with Crippen LogP contribution in [0, 0.1) is 0 Å². The number of benzene rings is 1. The molecule has 0 fully saturated rings. The molecule has 0 bridgehead atoms. The third-order valence-electron chi connectivity index (χ3n) is 2.50. The normalized spacial score (nSPS) is 10.4. The standard InChI is InChI=1S/C13H15N3O3/c1-18-8-11-6-12(16-19-11)13(17)15-10-4-2-3-9(5-10)7-14/h2-6H,7-8,14H2,1H3,(H,15,17). The molecule has 0 aliphatic heterocycles. The third-order valence-corrected chi connectivity index (χ3v) is 2.50. The van der Waals surface area contributed by atoms with Crippen molar-refractivity contribution in [3.8, 4) is 0 Å². The van der Waals surface area contributed by atoms with Crippen LogP contribution in [0.15, 0.2) is 34.9 Å². The van der Waals surface area contributed by atoms with E-state index in [0.717, 1.165) is 5.56 Å². The Hall–Kier alpha value is -2.18. The molecule has 0 aliphatic rings. The lowest BCUT2D eigenvalue weighted by Gasteiger charge is -2.04. The van der Waals surface area contributed by atoms with Gasteiger partial charge >= 0.3 is 0 Å². The zero-order valence-corrected chi connectivity index (χ0v) is 10.6. The zero-order valence-electron chi connectivity index (χ0n) is 10.6. The fourth-order valence-corrected chi connectivity index (χ4v) is 1.60. The predicted octanol–water partition coefficient (Wildman–Crippen LogP) is 1.53. The van der Waals surface area contributed by atoms with E-state index in [1.807, 2.05) is 18.2 Å². The molecule has 1 amide bonds. The van der Waals surface area contributed by atoms with Crippen molar-refractivity contribution < 1.29 is 14.1 Å². The highest BCUT2D eigenvalue weighted by atomic mass is 16.5. The summed E-state index contributed by atoms with van der Waals surface area (Å²) in [5.74, 6) is 0.170. The van der Waals surface area contributed by atoms with Gasteiger partial charge in [-0.25, -0.2) is 0 Å². The van der Waals surface area contributed by atoms with Crippen molar-refractivity contribution in [2.75, 3.05) is 12.4 Å². The van der Waals surface area contributed by atoms with E-state index in [1.165, 1.54) is 0 Å². The summed E-state index contributed by atoms with van der Waals surface area (Å²) in [5, 5.41) is 6.41. The molecule has 3 N–H and O–H groups in total. The van der Waals surface area contributed by atoms with Gasteiger partial charge in [0, 0.05) is 25.4 Å². The predicted molar refractivity (Wildman–Crippen MR) is 69.5 cm³/mol. The highest BCUT2D eigenvalue weighted by molar-refractivity contribution is 6.02. The van der Waals surface area contributed by atoms with Crippen LogP contribution in [0.5, 0.6) is 0 Å². The summed E-state index contributed by atoms with van der Waals surface area (Å²) in [6.07, 6.45) is 0. The Kier molecular flexibility index (Phi) is 4.27. The fourth-order valence-electron chi connectivity index (χ4n) is 1.60. The van der Waals surface area contributed by atoms with E-state index >= 15 is 0 Å². The SMILES string of the molecule is COCc1cc(C(=O)Nc2cccc(CN)c2)no1. The number of amides is 1. The number of nitrogens with one attached hydrogen (secondary N) is 1. The lowest BCUT2D eigenvalue weighted by Crippen LogP contribution is -2.12. The maximum absolute atomic E-state index is 11.9. The Morgan fingerprint density at radius 2 is 2.32 bits per heavy atom. The lowest BCUT2D eigenvalue weighted by atomic mass is 10.2. The molecule has 1 aromatic heterocycles. The van der Waals surface area contributed by atoms with Crippen LogP contribution in [0.3, 0.4) is 0 Å². The molecule has 2 aromatic rings. The van der Waals surface area contributed by atoms with Crippen molar-refractivity contribution in [2.45, 2.75) is 13.2 Å². The first-order valence-electron chi connectivity index (χ1n) is 5.78. The molecule has 6 heteroatoms. The topological polar surface area (TPSA) is 90.4 Å². The third kappa shape index (κ3) is 3.40. The van der Waals surface area contributed by atoms with Crippen molar-refractivity contribution in [2.24, 2.45) is 5.73 Å². The maximum Gasteiger partial charge on any atom is 0.277 e. The number of hydrogen-bond donors (Lipinski definition) is 2. The zero-order chi connectivity index (χ0) is 13.7.